The topological polar surface area (TPSA) is 89.4 Å². The fourth-order valence-electron chi connectivity index (χ4n) is 1.79. The average molecular weight is 291 g/mol. The van der Waals surface area contributed by atoms with E-state index in [1.807, 2.05) is 20.8 Å². The zero-order valence-electron chi connectivity index (χ0n) is 13.2. The first-order valence-corrected chi connectivity index (χ1v) is 6.99. The van der Waals surface area contributed by atoms with Crippen molar-refractivity contribution in [3.05, 3.63) is 35.4 Å². The lowest BCUT2D eigenvalue weighted by molar-refractivity contribution is -0.131. The number of benzene rings is 1. The van der Waals surface area contributed by atoms with E-state index in [-0.39, 0.29) is 17.4 Å². The highest BCUT2D eigenvalue weighted by Gasteiger charge is 2.24. The normalized spacial score (nSPS) is 12.8. The number of carbonyl (C=O) groups excluding carboxylic acids is 2. The molecule has 21 heavy (non-hydrogen) atoms. The highest BCUT2D eigenvalue weighted by molar-refractivity contribution is 5.92. The van der Waals surface area contributed by atoms with Crippen molar-refractivity contribution < 1.29 is 9.59 Å². The number of carbonyl (C=O) groups is 2. The van der Waals surface area contributed by atoms with Gasteiger partial charge in [0.15, 0.2) is 0 Å². The van der Waals surface area contributed by atoms with Crippen LogP contribution < -0.4 is 11.5 Å². The van der Waals surface area contributed by atoms with Crippen LogP contribution in [-0.4, -0.2) is 29.8 Å². The number of rotatable bonds is 5. The van der Waals surface area contributed by atoms with E-state index >= 15 is 0 Å². The van der Waals surface area contributed by atoms with Crippen molar-refractivity contribution in [3.63, 3.8) is 0 Å². The summed E-state index contributed by atoms with van der Waals surface area (Å²) < 4.78 is 0. The second-order valence-corrected chi connectivity index (χ2v) is 6.49. The standard InChI is InChI=1S/C16H25N3O2/c1-16(2,3)13(17)9-14(20)19(4)10-11-5-7-12(8-6-11)15(18)21/h5-8,13H,9-10,17H2,1-4H3,(H2,18,21). The number of hydrogen-bond donors (Lipinski definition) is 2. The van der Waals surface area contributed by atoms with Gasteiger partial charge in [-0.1, -0.05) is 32.9 Å². The van der Waals surface area contributed by atoms with Crippen molar-refractivity contribution >= 4 is 11.8 Å². The maximum absolute atomic E-state index is 12.2. The van der Waals surface area contributed by atoms with Crippen LogP contribution in [0.4, 0.5) is 0 Å². The van der Waals surface area contributed by atoms with E-state index in [2.05, 4.69) is 0 Å². The van der Waals surface area contributed by atoms with Crippen LogP contribution in [0.3, 0.4) is 0 Å². The van der Waals surface area contributed by atoms with Crippen LogP contribution >= 0.6 is 0 Å². The van der Waals surface area contributed by atoms with Gasteiger partial charge in [0, 0.05) is 31.6 Å². The van der Waals surface area contributed by atoms with E-state index in [4.69, 9.17) is 11.5 Å². The van der Waals surface area contributed by atoms with Crippen molar-refractivity contribution in [1.29, 1.82) is 0 Å². The smallest absolute Gasteiger partial charge is 0.248 e. The van der Waals surface area contributed by atoms with Gasteiger partial charge >= 0.3 is 0 Å². The number of primary amides is 1. The van der Waals surface area contributed by atoms with Crippen LogP contribution in [0.1, 0.15) is 43.1 Å². The maximum atomic E-state index is 12.2. The Bertz CT molecular complexity index is 503. The predicted octanol–water partition coefficient (Wildman–Crippen LogP) is 1.51. The maximum Gasteiger partial charge on any atom is 0.248 e. The lowest BCUT2D eigenvalue weighted by Gasteiger charge is -2.28. The Morgan fingerprint density at radius 2 is 1.71 bits per heavy atom. The Balaban J connectivity index is 2.62. The van der Waals surface area contributed by atoms with Gasteiger partial charge in [0.1, 0.15) is 0 Å². The molecule has 0 aromatic heterocycles. The molecule has 5 nitrogen and oxygen atoms in total. The largest absolute Gasteiger partial charge is 0.366 e. The molecule has 4 N–H and O–H groups in total. The molecule has 1 unspecified atom stereocenters. The van der Waals surface area contributed by atoms with Gasteiger partial charge in [-0.15, -0.1) is 0 Å². The van der Waals surface area contributed by atoms with E-state index in [0.717, 1.165) is 5.56 Å². The molecule has 1 atom stereocenters. The summed E-state index contributed by atoms with van der Waals surface area (Å²) in [6.07, 6.45) is 0.319. The molecular formula is C16H25N3O2. The fraction of sp³-hybridized carbons (Fsp3) is 0.500. The number of hydrogen-bond acceptors (Lipinski definition) is 3. The second-order valence-electron chi connectivity index (χ2n) is 6.49. The monoisotopic (exact) mass is 291 g/mol. The molecule has 0 aliphatic carbocycles. The van der Waals surface area contributed by atoms with E-state index in [0.29, 0.717) is 18.5 Å². The molecule has 0 fully saturated rings. The first-order chi connectivity index (χ1) is 9.61. The van der Waals surface area contributed by atoms with E-state index in [9.17, 15) is 9.59 Å². The third-order valence-corrected chi connectivity index (χ3v) is 3.59. The molecule has 1 rings (SSSR count). The van der Waals surface area contributed by atoms with Crippen LogP contribution in [0.2, 0.25) is 0 Å². The molecule has 116 valence electrons. The third-order valence-electron chi connectivity index (χ3n) is 3.59. The van der Waals surface area contributed by atoms with Crippen molar-refractivity contribution in [2.24, 2.45) is 16.9 Å². The molecule has 0 saturated carbocycles. The molecule has 2 amide bonds. The van der Waals surface area contributed by atoms with Crippen molar-refractivity contribution in [2.75, 3.05) is 7.05 Å². The molecule has 1 aromatic carbocycles. The molecule has 5 heteroatoms. The Morgan fingerprint density at radius 1 is 1.19 bits per heavy atom. The minimum atomic E-state index is -0.456. The van der Waals surface area contributed by atoms with Gasteiger partial charge in [-0.05, 0) is 23.1 Å². The van der Waals surface area contributed by atoms with Crippen molar-refractivity contribution in [3.8, 4) is 0 Å². The molecule has 0 spiro atoms. The summed E-state index contributed by atoms with van der Waals surface area (Å²) in [5.41, 5.74) is 12.5. The molecule has 1 aromatic rings. The first-order valence-electron chi connectivity index (χ1n) is 6.99. The van der Waals surface area contributed by atoms with E-state index < -0.39 is 5.91 Å². The first kappa shape index (κ1) is 17.2. The molecule has 0 aliphatic rings. The fourth-order valence-corrected chi connectivity index (χ4v) is 1.79. The summed E-state index contributed by atoms with van der Waals surface area (Å²) in [4.78, 5) is 24.8. The van der Waals surface area contributed by atoms with Crippen LogP contribution in [0.5, 0.6) is 0 Å². The van der Waals surface area contributed by atoms with E-state index in [1.54, 1.807) is 36.2 Å². The highest BCUT2D eigenvalue weighted by atomic mass is 16.2. The van der Waals surface area contributed by atoms with Gasteiger partial charge in [-0.3, -0.25) is 9.59 Å². The molecule has 0 heterocycles. The van der Waals surface area contributed by atoms with Gasteiger partial charge in [0.05, 0.1) is 0 Å². The molecule has 0 saturated heterocycles. The van der Waals surface area contributed by atoms with Crippen LogP contribution in [0, 0.1) is 5.41 Å². The molecule has 0 aliphatic heterocycles. The Kier molecular flexibility index (Phi) is 5.49. The lowest BCUT2D eigenvalue weighted by atomic mass is 9.85. The Hall–Kier alpha value is -1.88. The van der Waals surface area contributed by atoms with Crippen LogP contribution in [0.15, 0.2) is 24.3 Å². The quantitative estimate of drug-likeness (QED) is 0.861. The molecule has 0 radical (unpaired) electrons. The number of nitrogens with zero attached hydrogens (tertiary/aromatic N) is 1. The minimum Gasteiger partial charge on any atom is -0.366 e. The summed E-state index contributed by atoms with van der Waals surface area (Å²) >= 11 is 0. The summed E-state index contributed by atoms with van der Waals surface area (Å²) in [5, 5.41) is 0. The van der Waals surface area contributed by atoms with Gasteiger partial charge in [-0.2, -0.15) is 0 Å². The number of nitrogens with two attached hydrogens (primary N) is 2. The van der Waals surface area contributed by atoms with Gasteiger partial charge in [0.25, 0.3) is 0 Å². The molecule has 0 bridgehead atoms. The summed E-state index contributed by atoms with van der Waals surface area (Å²) in [5.74, 6) is -0.446. The van der Waals surface area contributed by atoms with Gasteiger partial charge in [0.2, 0.25) is 11.8 Å². The second kappa shape index (κ2) is 6.72. The number of amides is 2. The minimum absolute atomic E-state index is 0.0106. The Labute approximate surface area is 126 Å². The summed E-state index contributed by atoms with van der Waals surface area (Å²) in [6.45, 7) is 6.54. The van der Waals surface area contributed by atoms with E-state index in [1.165, 1.54) is 0 Å². The summed E-state index contributed by atoms with van der Waals surface area (Å²) in [6, 6.07) is 6.75. The molecular weight excluding hydrogens is 266 g/mol. The summed E-state index contributed by atoms with van der Waals surface area (Å²) in [7, 11) is 1.75. The highest BCUT2D eigenvalue weighted by Crippen LogP contribution is 2.20. The van der Waals surface area contributed by atoms with Crippen LogP contribution in [0.25, 0.3) is 0 Å². The zero-order chi connectivity index (χ0) is 16.2. The van der Waals surface area contributed by atoms with Crippen LogP contribution in [-0.2, 0) is 11.3 Å². The zero-order valence-corrected chi connectivity index (χ0v) is 13.2. The average Bonchev–Trinajstić information content (AvgIpc) is 2.37. The van der Waals surface area contributed by atoms with Crippen molar-refractivity contribution in [2.45, 2.75) is 39.8 Å². The Morgan fingerprint density at radius 3 is 2.14 bits per heavy atom. The van der Waals surface area contributed by atoms with Crippen molar-refractivity contribution in [1.82, 2.24) is 4.90 Å². The predicted molar refractivity (Wildman–Crippen MR) is 83.5 cm³/mol. The lowest BCUT2D eigenvalue weighted by Crippen LogP contribution is -2.40. The van der Waals surface area contributed by atoms with Gasteiger partial charge < -0.3 is 16.4 Å². The SMILES string of the molecule is CN(Cc1ccc(C(N)=O)cc1)C(=O)CC(N)C(C)(C)C. The third kappa shape index (κ3) is 5.19. The van der Waals surface area contributed by atoms with Gasteiger partial charge in [-0.25, -0.2) is 0 Å².